The zero-order valence-electron chi connectivity index (χ0n) is 18.4. The van der Waals surface area contributed by atoms with Gasteiger partial charge >= 0.3 is 11.9 Å². The van der Waals surface area contributed by atoms with Gasteiger partial charge in [-0.05, 0) is 35.4 Å². The molecule has 0 fully saturated rings. The van der Waals surface area contributed by atoms with Crippen molar-refractivity contribution < 1.29 is 28.6 Å². The van der Waals surface area contributed by atoms with Crippen molar-refractivity contribution in [3.8, 4) is 0 Å². The van der Waals surface area contributed by atoms with E-state index in [2.05, 4.69) is 5.32 Å². The molecule has 0 atom stereocenters. The van der Waals surface area contributed by atoms with Crippen molar-refractivity contribution in [2.45, 2.75) is 6.92 Å². The minimum Gasteiger partial charge on any atom is -0.466 e. The third-order valence-corrected chi connectivity index (χ3v) is 5.05. The molecule has 33 heavy (non-hydrogen) atoms. The molecular formula is C24H23ClN2O6. The Morgan fingerprint density at radius 1 is 1.03 bits per heavy atom. The SMILES string of the molecule is COC(=O)C1=C(C(=O)OC)N(c2cc(NC(C)=O)ccc2C=Cc2ccc(Cl)cc2)COC1. The summed E-state index contributed by atoms with van der Waals surface area (Å²) in [6, 6.07) is 12.5. The van der Waals surface area contributed by atoms with Gasteiger partial charge in [0.15, 0.2) is 0 Å². The molecule has 1 aliphatic heterocycles. The van der Waals surface area contributed by atoms with Crippen LogP contribution >= 0.6 is 11.6 Å². The van der Waals surface area contributed by atoms with Gasteiger partial charge in [0.1, 0.15) is 12.4 Å². The zero-order chi connectivity index (χ0) is 24.0. The molecule has 0 radical (unpaired) electrons. The summed E-state index contributed by atoms with van der Waals surface area (Å²) < 4.78 is 15.3. The molecule has 0 aliphatic carbocycles. The number of anilines is 2. The van der Waals surface area contributed by atoms with E-state index in [1.54, 1.807) is 30.3 Å². The van der Waals surface area contributed by atoms with Crippen LogP contribution in [0.5, 0.6) is 0 Å². The summed E-state index contributed by atoms with van der Waals surface area (Å²) in [6.07, 6.45) is 3.72. The molecule has 0 saturated heterocycles. The maximum Gasteiger partial charge on any atom is 0.355 e. The fourth-order valence-corrected chi connectivity index (χ4v) is 3.42. The Morgan fingerprint density at radius 2 is 1.73 bits per heavy atom. The van der Waals surface area contributed by atoms with E-state index < -0.39 is 11.9 Å². The van der Waals surface area contributed by atoms with Gasteiger partial charge in [-0.25, -0.2) is 9.59 Å². The number of carbonyl (C=O) groups is 3. The van der Waals surface area contributed by atoms with Crippen molar-refractivity contribution in [1.29, 1.82) is 0 Å². The van der Waals surface area contributed by atoms with E-state index in [0.717, 1.165) is 5.56 Å². The second kappa shape index (κ2) is 10.8. The number of hydrogen-bond acceptors (Lipinski definition) is 7. The Balaban J connectivity index is 2.14. The summed E-state index contributed by atoms with van der Waals surface area (Å²) in [6.45, 7) is 1.28. The van der Waals surface area contributed by atoms with Crippen molar-refractivity contribution in [2.75, 3.05) is 37.8 Å². The summed E-state index contributed by atoms with van der Waals surface area (Å²) in [5.41, 5.74) is 2.69. The molecule has 3 rings (SSSR count). The Labute approximate surface area is 196 Å². The molecule has 8 nitrogen and oxygen atoms in total. The lowest BCUT2D eigenvalue weighted by molar-refractivity contribution is -0.140. The van der Waals surface area contributed by atoms with E-state index in [1.807, 2.05) is 24.3 Å². The number of ether oxygens (including phenoxy) is 3. The molecule has 172 valence electrons. The van der Waals surface area contributed by atoms with Gasteiger partial charge in [-0.2, -0.15) is 0 Å². The lowest BCUT2D eigenvalue weighted by Crippen LogP contribution is -2.39. The highest BCUT2D eigenvalue weighted by molar-refractivity contribution is 6.30. The third-order valence-electron chi connectivity index (χ3n) is 4.80. The van der Waals surface area contributed by atoms with Gasteiger partial charge in [-0.3, -0.25) is 4.79 Å². The molecular weight excluding hydrogens is 448 g/mol. The first kappa shape index (κ1) is 24.0. The average Bonchev–Trinajstić information content (AvgIpc) is 2.82. The number of nitrogens with zero attached hydrogens (tertiary/aromatic N) is 1. The molecule has 1 N–H and O–H groups in total. The molecule has 2 aromatic carbocycles. The summed E-state index contributed by atoms with van der Waals surface area (Å²) in [5, 5.41) is 3.35. The quantitative estimate of drug-likeness (QED) is 0.506. The van der Waals surface area contributed by atoms with Gasteiger partial charge in [-0.15, -0.1) is 0 Å². The standard InChI is InChI=1S/C24H23ClN2O6/c1-15(28)26-19-11-8-17(7-4-16-5-9-18(25)10-6-16)21(12-19)27-14-33-13-20(23(29)31-2)22(27)24(30)32-3/h4-12H,13-14H2,1-3H3,(H,26,28). The van der Waals surface area contributed by atoms with Gasteiger partial charge in [0.05, 0.1) is 32.1 Å². The van der Waals surface area contributed by atoms with Crippen molar-refractivity contribution in [3.05, 3.63) is 69.9 Å². The van der Waals surface area contributed by atoms with E-state index >= 15 is 0 Å². The number of halogens is 1. The van der Waals surface area contributed by atoms with Gasteiger partial charge in [0.2, 0.25) is 5.91 Å². The Kier molecular flexibility index (Phi) is 7.87. The minimum atomic E-state index is -0.712. The van der Waals surface area contributed by atoms with Gasteiger partial charge < -0.3 is 24.4 Å². The number of amides is 1. The predicted octanol–water partition coefficient (Wildman–Crippen LogP) is 3.86. The van der Waals surface area contributed by atoms with Crippen LogP contribution in [0.15, 0.2) is 53.7 Å². The van der Waals surface area contributed by atoms with Crippen LogP contribution in [-0.2, 0) is 28.6 Å². The fraction of sp³-hybridized carbons (Fsp3) is 0.208. The molecule has 1 aliphatic rings. The van der Waals surface area contributed by atoms with Gasteiger partial charge in [0.25, 0.3) is 0 Å². The average molecular weight is 471 g/mol. The molecule has 0 aromatic heterocycles. The van der Waals surface area contributed by atoms with E-state index in [-0.39, 0.29) is 30.5 Å². The van der Waals surface area contributed by atoms with Crippen molar-refractivity contribution in [1.82, 2.24) is 0 Å². The number of rotatable bonds is 6. The first-order valence-electron chi connectivity index (χ1n) is 9.94. The zero-order valence-corrected chi connectivity index (χ0v) is 19.1. The van der Waals surface area contributed by atoms with E-state index in [9.17, 15) is 14.4 Å². The third kappa shape index (κ3) is 5.79. The number of esters is 2. The highest BCUT2D eigenvalue weighted by Gasteiger charge is 2.33. The van der Waals surface area contributed by atoms with Crippen LogP contribution in [0.25, 0.3) is 12.2 Å². The summed E-state index contributed by atoms with van der Waals surface area (Å²) in [4.78, 5) is 38.1. The largest absolute Gasteiger partial charge is 0.466 e. The number of benzene rings is 2. The highest BCUT2D eigenvalue weighted by Crippen LogP contribution is 2.33. The monoisotopic (exact) mass is 470 g/mol. The molecule has 0 spiro atoms. The first-order valence-corrected chi connectivity index (χ1v) is 10.3. The van der Waals surface area contributed by atoms with E-state index in [4.69, 9.17) is 25.8 Å². The first-order chi connectivity index (χ1) is 15.8. The van der Waals surface area contributed by atoms with Crippen molar-refractivity contribution >= 4 is 53.0 Å². The maximum atomic E-state index is 12.7. The Hall–Kier alpha value is -3.62. The Morgan fingerprint density at radius 3 is 2.36 bits per heavy atom. The van der Waals surface area contributed by atoms with Crippen LogP contribution in [0.4, 0.5) is 11.4 Å². The highest BCUT2D eigenvalue weighted by atomic mass is 35.5. The van der Waals surface area contributed by atoms with Gasteiger partial charge in [0, 0.05) is 17.6 Å². The van der Waals surface area contributed by atoms with Crippen molar-refractivity contribution in [3.63, 3.8) is 0 Å². The van der Waals surface area contributed by atoms with Crippen LogP contribution in [0.2, 0.25) is 5.02 Å². The number of carbonyl (C=O) groups excluding carboxylic acids is 3. The lowest BCUT2D eigenvalue weighted by Gasteiger charge is -2.32. The van der Waals surface area contributed by atoms with Crippen LogP contribution < -0.4 is 10.2 Å². The van der Waals surface area contributed by atoms with E-state index in [0.29, 0.717) is 22.0 Å². The maximum absolute atomic E-state index is 12.7. The van der Waals surface area contributed by atoms with Crippen LogP contribution in [0.3, 0.4) is 0 Å². The van der Waals surface area contributed by atoms with Gasteiger partial charge in [-0.1, -0.05) is 42.0 Å². The van der Waals surface area contributed by atoms with Crippen LogP contribution in [0, 0.1) is 0 Å². The molecule has 0 bridgehead atoms. The molecule has 9 heteroatoms. The van der Waals surface area contributed by atoms with E-state index in [1.165, 1.54) is 26.0 Å². The topological polar surface area (TPSA) is 94.2 Å². The second-order valence-corrected chi connectivity index (χ2v) is 7.49. The molecule has 0 unspecified atom stereocenters. The number of methoxy groups -OCH3 is 2. The number of nitrogens with one attached hydrogen (secondary N) is 1. The molecule has 1 amide bonds. The lowest BCUT2D eigenvalue weighted by atomic mass is 10.1. The minimum absolute atomic E-state index is 0.0108. The Bertz CT molecular complexity index is 1120. The normalized spacial score (nSPS) is 13.8. The van der Waals surface area contributed by atoms with Crippen molar-refractivity contribution in [2.24, 2.45) is 0 Å². The van der Waals surface area contributed by atoms with Crippen LogP contribution in [-0.4, -0.2) is 45.4 Å². The number of hydrogen-bond donors (Lipinski definition) is 1. The molecule has 1 heterocycles. The second-order valence-electron chi connectivity index (χ2n) is 7.06. The summed E-state index contributed by atoms with van der Waals surface area (Å²) in [7, 11) is 2.45. The summed E-state index contributed by atoms with van der Waals surface area (Å²) >= 11 is 5.96. The molecule has 2 aromatic rings. The predicted molar refractivity (Wildman–Crippen MR) is 125 cm³/mol. The fourth-order valence-electron chi connectivity index (χ4n) is 3.29. The summed E-state index contributed by atoms with van der Waals surface area (Å²) in [5.74, 6) is -1.66. The molecule has 0 saturated carbocycles. The van der Waals surface area contributed by atoms with Crippen LogP contribution in [0.1, 0.15) is 18.1 Å². The smallest absolute Gasteiger partial charge is 0.355 e.